The standard InChI is InChI=1S/C16H14ClN/c1-12-3-2-4-13(9-12)10-15(11-18)14-5-7-16(17)8-6-14/h2-9,15H,10H2,1H3. The normalized spacial score (nSPS) is 11.8. The van der Waals surface area contributed by atoms with Gasteiger partial charge in [-0.3, -0.25) is 0 Å². The number of rotatable bonds is 3. The summed E-state index contributed by atoms with van der Waals surface area (Å²) in [6.45, 7) is 2.06. The van der Waals surface area contributed by atoms with E-state index in [0.717, 1.165) is 12.0 Å². The minimum Gasteiger partial charge on any atom is -0.198 e. The van der Waals surface area contributed by atoms with Crippen molar-refractivity contribution in [1.29, 1.82) is 5.26 Å². The third-order valence-corrected chi connectivity index (χ3v) is 3.20. The zero-order chi connectivity index (χ0) is 13.0. The molecule has 0 aromatic heterocycles. The summed E-state index contributed by atoms with van der Waals surface area (Å²) in [6.07, 6.45) is 0.736. The predicted octanol–water partition coefficient (Wildman–Crippen LogP) is 4.50. The molecule has 0 spiro atoms. The summed E-state index contributed by atoms with van der Waals surface area (Å²) < 4.78 is 0. The Balaban J connectivity index is 2.20. The summed E-state index contributed by atoms with van der Waals surface area (Å²) in [5, 5.41) is 10.00. The Hall–Kier alpha value is -1.78. The highest BCUT2D eigenvalue weighted by Gasteiger charge is 2.11. The zero-order valence-corrected chi connectivity index (χ0v) is 11.0. The number of benzene rings is 2. The topological polar surface area (TPSA) is 23.8 Å². The quantitative estimate of drug-likeness (QED) is 0.792. The highest BCUT2D eigenvalue weighted by atomic mass is 35.5. The van der Waals surface area contributed by atoms with Gasteiger partial charge in [0.15, 0.2) is 0 Å². The molecule has 0 aliphatic heterocycles. The summed E-state index contributed by atoms with van der Waals surface area (Å²) in [5.41, 5.74) is 3.43. The van der Waals surface area contributed by atoms with Crippen molar-refractivity contribution in [1.82, 2.24) is 0 Å². The summed E-state index contributed by atoms with van der Waals surface area (Å²) >= 11 is 5.86. The molecule has 2 rings (SSSR count). The lowest BCUT2D eigenvalue weighted by Crippen LogP contribution is -2.00. The first kappa shape index (κ1) is 12.7. The molecular weight excluding hydrogens is 242 g/mol. The minimum absolute atomic E-state index is 0.121. The Labute approximate surface area is 113 Å². The number of hydrogen-bond acceptors (Lipinski definition) is 1. The smallest absolute Gasteiger partial charge is 0.0753 e. The fourth-order valence-electron chi connectivity index (χ4n) is 2.01. The molecule has 0 aliphatic carbocycles. The van der Waals surface area contributed by atoms with Crippen LogP contribution in [-0.2, 0) is 6.42 Å². The average molecular weight is 256 g/mol. The van der Waals surface area contributed by atoms with Gasteiger partial charge in [0.05, 0.1) is 12.0 Å². The van der Waals surface area contributed by atoms with Crippen LogP contribution in [0.1, 0.15) is 22.6 Å². The lowest BCUT2D eigenvalue weighted by atomic mass is 9.93. The van der Waals surface area contributed by atoms with Crippen molar-refractivity contribution in [2.45, 2.75) is 19.3 Å². The Morgan fingerprint density at radius 3 is 2.50 bits per heavy atom. The van der Waals surface area contributed by atoms with Crippen LogP contribution >= 0.6 is 11.6 Å². The molecule has 2 aromatic rings. The maximum atomic E-state index is 9.30. The van der Waals surface area contributed by atoms with Gasteiger partial charge < -0.3 is 0 Å². The van der Waals surface area contributed by atoms with Crippen LogP contribution in [0.25, 0.3) is 0 Å². The van der Waals surface area contributed by atoms with Crippen LogP contribution in [0.5, 0.6) is 0 Å². The Kier molecular flexibility index (Phi) is 4.02. The van der Waals surface area contributed by atoms with Crippen molar-refractivity contribution in [2.24, 2.45) is 0 Å². The molecule has 90 valence electrons. The van der Waals surface area contributed by atoms with Crippen molar-refractivity contribution < 1.29 is 0 Å². The van der Waals surface area contributed by atoms with Crippen molar-refractivity contribution >= 4 is 11.6 Å². The van der Waals surface area contributed by atoms with Gasteiger partial charge in [0.25, 0.3) is 0 Å². The van der Waals surface area contributed by atoms with Crippen molar-refractivity contribution in [3.8, 4) is 6.07 Å². The first-order valence-electron chi connectivity index (χ1n) is 5.89. The first-order chi connectivity index (χ1) is 8.69. The average Bonchev–Trinajstić information content (AvgIpc) is 2.37. The largest absolute Gasteiger partial charge is 0.198 e. The molecule has 0 saturated heterocycles. The van der Waals surface area contributed by atoms with E-state index >= 15 is 0 Å². The maximum Gasteiger partial charge on any atom is 0.0753 e. The van der Waals surface area contributed by atoms with Crippen LogP contribution in [0.3, 0.4) is 0 Å². The molecule has 0 bridgehead atoms. The van der Waals surface area contributed by atoms with Gasteiger partial charge in [0.2, 0.25) is 0 Å². The SMILES string of the molecule is Cc1cccc(CC(C#N)c2ccc(Cl)cc2)c1. The van der Waals surface area contributed by atoms with E-state index in [-0.39, 0.29) is 5.92 Å². The van der Waals surface area contributed by atoms with E-state index in [2.05, 4.69) is 31.2 Å². The molecule has 0 N–H and O–H groups in total. The molecule has 1 atom stereocenters. The van der Waals surface area contributed by atoms with Gasteiger partial charge in [0.1, 0.15) is 0 Å². The highest BCUT2D eigenvalue weighted by Crippen LogP contribution is 2.22. The fraction of sp³-hybridized carbons (Fsp3) is 0.188. The predicted molar refractivity (Wildman–Crippen MR) is 74.7 cm³/mol. The molecule has 0 heterocycles. The van der Waals surface area contributed by atoms with Crippen molar-refractivity contribution in [2.75, 3.05) is 0 Å². The number of halogens is 1. The zero-order valence-electron chi connectivity index (χ0n) is 10.2. The van der Waals surface area contributed by atoms with E-state index in [9.17, 15) is 5.26 Å². The fourth-order valence-corrected chi connectivity index (χ4v) is 2.13. The van der Waals surface area contributed by atoms with Crippen LogP contribution in [-0.4, -0.2) is 0 Å². The van der Waals surface area contributed by atoms with Gasteiger partial charge in [-0.2, -0.15) is 5.26 Å². The third-order valence-electron chi connectivity index (χ3n) is 2.95. The summed E-state index contributed by atoms with van der Waals surface area (Å²) in [5.74, 6) is -0.121. The van der Waals surface area contributed by atoms with Gasteiger partial charge in [-0.25, -0.2) is 0 Å². The molecule has 1 unspecified atom stereocenters. The minimum atomic E-state index is -0.121. The molecule has 0 aliphatic rings. The summed E-state index contributed by atoms with van der Waals surface area (Å²) in [6, 6.07) is 18.1. The molecule has 2 heteroatoms. The number of nitriles is 1. The van der Waals surface area contributed by atoms with Crippen LogP contribution < -0.4 is 0 Å². The summed E-state index contributed by atoms with van der Waals surface area (Å²) in [7, 11) is 0. The second-order valence-corrected chi connectivity index (χ2v) is 4.86. The Morgan fingerprint density at radius 2 is 1.89 bits per heavy atom. The molecule has 0 saturated carbocycles. The Morgan fingerprint density at radius 1 is 1.17 bits per heavy atom. The van der Waals surface area contributed by atoms with Gasteiger partial charge in [-0.05, 0) is 36.6 Å². The van der Waals surface area contributed by atoms with Gasteiger partial charge in [0, 0.05) is 5.02 Å². The van der Waals surface area contributed by atoms with Crippen LogP contribution in [0.2, 0.25) is 5.02 Å². The first-order valence-corrected chi connectivity index (χ1v) is 6.27. The van der Waals surface area contributed by atoms with E-state index < -0.39 is 0 Å². The lowest BCUT2D eigenvalue weighted by molar-refractivity contribution is 0.848. The maximum absolute atomic E-state index is 9.30. The van der Waals surface area contributed by atoms with Crippen LogP contribution in [0.15, 0.2) is 48.5 Å². The van der Waals surface area contributed by atoms with Crippen LogP contribution in [0.4, 0.5) is 0 Å². The summed E-state index contributed by atoms with van der Waals surface area (Å²) in [4.78, 5) is 0. The van der Waals surface area contributed by atoms with E-state index in [1.54, 1.807) is 0 Å². The molecule has 2 aromatic carbocycles. The van der Waals surface area contributed by atoms with Gasteiger partial charge in [-0.15, -0.1) is 0 Å². The molecule has 1 nitrogen and oxygen atoms in total. The number of nitrogens with zero attached hydrogens (tertiary/aromatic N) is 1. The van der Waals surface area contributed by atoms with Crippen molar-refractivity contribution in [3.05, 3.63) is 70.2 Å². The Bertz CT molecular complexity index is 566. The molecular formula is C16H14ClN. The van der Waals surface area contributed by atoms with E-state index in [4.69, 9.17) is 11.6 Å². The second-order valence-electron chi connectivity index (χ2n) is 4.43. The number of aryl methyl sites for hydroxylation is 1. The molecule has 0 fully saturated rings. The van der Waals surface area contributed by atoms with Gasteiger partial charge in [-0.1, -0.05) is 53.6 Å². The molecule has 0 radical (unpaired) electrons. The monoisotopic (exact) mass is 255 g/mol. The second kappa shape index (κ2) is 5.71. The van der Waals surface area contributed by atoms with Gasteiger partial charge >= 0.3 is 0 Å². The highest BCUT2D eigenvalue weighted by molar-refractivity contribution is 6.30. The van der Waals surface area contributed by atoms with E-state index in [0.29, 0.717) is 5.02 Å². The van der Waals surface area contributed by atoms with E-state index in [1.807, 2.05) is 30.3 Å². The third kappa shape index (κ3) is 3.12. The molecule has 18 heavy (non-hydrogen) atoms. The number of hydrogen-bond donors (Lipinski definition) is 0. The van der Waals surface area contributed by atoms with Crippen LogP contribution in [0, 0.1) is 18.3 Å². The lowest BCUT2D eigenvalue weighted by Gasteiger charge is -2.10. The van der Waals surface area contributed by atoms with Crippen molar-refractivity contribution in [3.63, 3.8) is 0 Å². The molecule has 0 amide bonds. The van der Waals surface area contributed by atoms with E-state index in [1.165, 1.54) is 11.1 Å².